The Labute approximate surface area is 180 Å². The Hall–Kier alpha value is 2.70. The molecule has 0 spiro atoms. The first-order valence-electron chi connectivity index (χ1n) is 5.06. The number of hydrogen-bond acceptors (Lipinski definition) is 7. The van der Waals surface area contributed by atoms with Gasteiger partial charge in [-0.25, -0.2) is 0 Å². The normalized spacial score (nSPS) is 19.6. The molecule has 1 aliphatic rings. The largest absolute Gasteiger partial charge is 1.00 e. The fourth-order valence-electron chi connectivity index (χ4n) is 1.66. The van der Waals surface area contributed by atoms with Gasteiger partial charge in [0.25, 0.3) is 0 Å². The molecule has 0 bridgehead atoms. The molecule has 1 atom stereocenters. The molecule has 0 aromatic heterocycles. The number of carbonyl (C=O) groups is 1. The van der Waals surface area contributed by atoms with Gasteiger partial charge in [0.05, 0.1) is 12.0 Å². The van der Waals surface area contributed by atoms with E-state index in [2.05, 4.69) is 5.32 Å². The summed E-state index contributed by atoms with van der Waals surface area (Å²) in [7, 11) is -4.44. The average molecular weight is 318 g/mol. The zero-order valence-corrected chi connectivity index (χ0v) is 18.7. The molecular weight excluding hydrogens is 304 g/mol. The number of piperazine rings is 1. The molecule has 1 aliphatic heterocycles. The molecule has 1 N–H and O–H groups in total. The average Bonchev–Trinajstić information content (AvgIpc) is 2.16. The summed E-state index contributed by atoms with van der Waals surface area (Å²) in [5.74, 6) is -1.16. The number of carbonyl (C=O) groups excluding carboxylic acids is 1. The van der Waals surface area contributed by atoms with E-state index in [9.17, 15) is 24.6 Å². The molecule has 0 saturated carbocycles. The van der Waals surface area contributed by atoms with Crippen molar-refractivity contribution in [1.82, 2.24) is 10.2 Å². The maximum atomic E-state index is 10.6. The van der Waals surface area contributed by atoms with Gasteiger partial charge >= 0.3 is 88.7 Å². The third-order valence-corrected chi connectivity index (χ3v) is 3.31. The van der Waals surface area contributed by atoms with Gasteiger partial charge in [-0.2, -0.15) is 7.94 Å². The first-order valence-corrected chi connectivity index (χ1v) is 6.79. The van der Waals surface area contributed by atoms with E-state index in [0.717, 1.165) is 0 Å². The van der Waals surface area contributed by atoms with Crippen LogP contribution in [0.1, 0.15) is 6.42 Å². The van der Waals surface area contributed by atoms with Gasteiger partial charge in [0.1, 0.15) is 0 Å². The molecule has 7 nitrogen and oxygen atoms in total. The Morgan fingerprint density at radius 1 is 1.26 bits per heavy atom. The summed E-state index contributed by atoms with van der Waals surface area (Å²) >= 11 is 0. The number of nitrogens with one attached hydrogen (secondary N) is 1. The minimum absolute atomic E-state index is 0. The minimum atomic E-state index is -4.44. The van der Waals surface area contributed by atoms with Gasteiger partial charge in [0, 0.05) is 32.3 Å². The zero-order valence-electron chi connectivity index (χ0n) is 11.8. The van der Waals surface area contributed by atoms with E-state index in [4.69, 9.17) is 0 Å². The van der Waals surface area contributed by atoms with Crippen molar-refractivity contribution in [1.29, 1.82) is 0 Å². The van der Waals surface area contributed by atoms with Crippen LogP contribution in [0.3, 0.4) is 0 Å². The number of nitrogens with zero attached hydrogens (tertiary/aromatic N) is 1. The zero-order chi connectivity index (χ0) is 12.2. The van der Waals surface area contributed by atoms with Crippen LogP contribution in [-0.4, -0.2) is 49.3 Å². The molecule has 0 radical (unpaired) electrons. The number of carboxylic acids is 1. The van der Waals surface area contributed by atoms with E-state index >= 15 is 0 Å². The molecule has 1 saturated heterocycles. The molecule has 94 valence electrons. The number of hydrogen-bond donors (Lipinski definition) is 1. The fraction of sp³-hybridized carbons (Fsp3) is 0.875. The van der Waals surface area contributed by atoms with Gasteiger partial charge in [-0.1, -0.05) is 0 Å². The summed E-state index contributed by atoms with van der Waals surface area (Å²) in [4.78, 5) is 43.5. The summed E-state index contributed by atoms with van der Waals surface area (Å²) in [6.07, 6.45) is -0.142. The third-order valence-electron chi connectivity index (χ3n) is 2.45. The summed E-state index contributed by atoms with van der Waals surface area (Å²) in [5, 5.41) is 13.4. The van der Waals surface area contributed by atoms with Crippen LogP contribution in [0.2, 0.25) is 0 Å². The van der Waals surface area contributed by atoms with Gasteiger partial charge in [0.15, 0.2) is 0 Å². The number of rotatable bonds is 5. The van der Waals surface area contributed by atoms with E-state index in [1.165, 1.54) is 0 Å². The Balaban J connectivity index is -0.000000853. The molecular formula is C8H14N2Na3O5P. The van der Waals surface area contributed by atoms with E-state index in [1.54, 1.807) is 0 Å². The maximum Gasteiger partial charge on any atom is 1.00 e. The molecule has 0 amide bonds. The second-order valence-electron chi connectivity index (χ2n) is 3.81. The molecule has 0 aromatic carbocycles. The predicted molar refractivity (Wildman–Crippen MR) is 49.6 cm³/mol. The van der Waals surface area contributed by atoms with Crippen molar-refractivity contribution in [2.45, 2.75) is 12.5 Å². The molecule has 1 rings (SSSR count). The maximum absolute atomic E-state index is 10.6. The van der Waals surface area contributed by atoms with Gasteiger partial charge in [-0.3, -0.25) is 4.90 Å². The topological polar surface area (TPSA) is 125 Å². The quantitative estimate of drug-likeness (QED) is 0.394. The minimum Gasteiger partial charge on any atom is -0.688 e. The number of carboxylic acid groups (broad SMARTS) is 1. The van der Waals surface area contributed by atoms with Crippen LogP contribution < -0.4 is 114 Å². The van der Waals surface area contributed by atoms with E-state index in [-0.39, 0.29) is 108 Å². The third kappa shape index (κ3) is 12.9. The first kappa shape index (κ1) is 26.6. The molecule has 11 heteroatoms. The van der Waals surface area contributed by atoms with Crippen molar-refractivity contribution in [3.8, 4) is 0 Å². The van der Waals surface area contributed by atoms with Crippen molar-refractivity contribution < 1.29 is 113 Å². The van der Waals surface area contributed by atoms with Crippen LogP contribution in [0, 0.1) is 0 Å². The summed E-state index contributed by atoms with van der Waals surface area (Å²) in [5.41, 5.74) is 0. The summed E-state index contributed by atoms with van der Waals surface area (Å²) < 4.78 is 0. The summed E-state index contributed by atoms with van der Waals surface area (Å²) in [6, 6.07) is -0.722. The van der Waals surface area contributed by atoms with Crippen molar-refractivity contribution in [2.24, 2.45) is 0 Å². The molecule has 0 unspecified atom stereocenters. The summed E-state index contributed by atoms with van der Waals surface area (Å²) in [6.45, 7) is 1.86. The second kappa shape index (κ2) is 13.2. The van der Waals surface area contributed by atoms with Gasteiger partial charge in [0.2, 0.25) is 0 Å². The second-order valence-corrected chi connectivity index (χ2v) is 5.48. The van der Waals surface area contributed by atoms with Crippen LogP contribution in [0.25, 0.3) is 0 Å². The smallest absolute Gasteiger partial charge is 0.688 e. The Morgan fingerprint density at radius 3 is 2.32 bits per heavy atom. The Bertz CT molecular complexity index is 257. The molecule has 19 heavy (non-hydrogen) atoms. The fourth-order valence-corrected chi connectivity index (χ4v) is 2.19. The first-order chi connectivity index (χ1) is 7.38. The van der Waals surface area contributed by atoms with Crippen molar-refractivity contribution >= 4 is 13.9 Å². The number of aliphatic carboxylic acids is 1. The molecule has 1 fully saturated rings. The van der Waals surface area contributed by atoms with E-state index < -0.39 is 20.0 Å². The van der Waals surface area contributed by atoms with Crippen LogP contribution in [0.5, 0.6) is 0 Å². The van der Waals surface area contributed by atoms with Crippen molar-refractivity contribution in [3.63, 3.8) is 0 Å². The van der Waals surface area contributed by atoms with Crippen molar-refractivity contribution in [2.75, 3.05) is 32.3 Å². The molecule has 1 heterocycles. The van der Waals surface area contributed by atoms with Crippen LogP contribution >= 0.6 is 7.94 Å². The van der Waals surface area contributed by atoms with E-state index in [1.807, 2.05) is 4.90 Å². The Kier molecular flexibility index (Phi) is 18.4. The SMILES string of the molecule is O=C([O-])[C@H]1CN(CCC[P+]([O-])([O-])[O-])CCN1.[Na+].[Na+].[Na+]. The van der Waals surface area contributed by atoms with Crippen LogP contribution in [-0.2, 0) is 4.79 Å². The molecule has 0 aromatic rings. The van der Waals surface area contributed by atoms with Gasteiger partial charge in [-0.15, -0.1) is 0 Å². The van der Waals surface area contributed by atoms with Crippen molar-refractivity contribution in [3.05, 3.63) is 0 Å². The van der Waals surface area contributed by atoms with Crippen LogP contribution in [0.15, 0.2) is 0 Å². The standard InChI is InChI=1S/C8H17N2O5P.3Na/c11-8(12)7-6-10(4-2-9-7)3-1-5-16(13,14)15;;;/h7,9H,1-6H2,(H,11,12)(H2,13,14,15);;;/q;3*+1/p-3/t7-;;;/m1.../s1. The molecule has 0 aliphatic carbocycles. The van der Waals surface area contributed by atoms with Crippen LogP contribution in [0.4, 0.5) is 0 Å². The monoisotopic (exact) mass is 318 g/mol. The van der Waals surface area contributed by atoms with E-state index in [0.29, 0.717) is 19.6 Å². The van der Waals surface area contributed by atoms with Gasteiger partial charge in [-0.05, 0) is 6.42 Å². The Morgan fingerprint density at radius 2 is 1.84 bits per heavy atom. The van der Waals surface area contributed by atoms with Gasteiger partial charge < -0.3 is 29.9 Å². The predicted octanol–water partition coefficient (Wildman–Crippen LogP) is -13.7.